The third kappa shape index (κ3) is 3.08. The van der Waals surface area contributed by atoms with Crippen LogP contribution in [0, 0.1) is 5.41 Å². The van der Waals surface area contributed by atoms with E-state index in [9.17, 15) is 4.79 Å². The van der Waals surface area contributed by atoms with Gasteiger partial charge in [0, 0.05) is 24.5 Å². The van der Waals surface area contributed by atoms with E-state index in [4.69, 9.17) is 0 Å². The predicted molar refractivity (Wildman–Crippen MR) is 70.1 cm³/mol. The van der Waals surface area contributed by atoms with Gasteiger partial charge in [-0.15, -0.1) is 0 Å². The second kappa shape index (κ2) is 5.49. The summed E-state index contributed by atoms with van der Waals surface area (Å²) in [5, 5.41) is 0. The van der Waals surface area contributed by atoms with Crippen molar-refractivity contribution >= 4 is 6.29 Å². The first kappa shape index (κ1) is 13.0. The molecule has 0 bridgehead atoms. The van der Waals surface area contributed by atoms with E-state index in [2.05, 4.69) is 23.6 Å². The van der Waals surface area contributed by atoms with E-state index in [0.717, 1.165) is 31.8 Å². The molecule has 17 heavy (non-hydrogen) atoms. The Balaban J connectivity index is 1.94. The number of nitrogens with zero attached hydrogens (tertiary/aromatic N) is 2. The van der Waals surface area contributed by atoms with Crippen molar-refractivity contribution < 1.29 is 4.79 Å². The van der Waals surface area contributed by atoms with Gasteiger partial charge in [0.15, 0.2) is 0 Å². The Labute approximate surface area is 105 Å². The fraction of sp³-hybridized carbons (Fsp3) is 0.929. The fourth-order valence-electron chi connectivity index (χ4n) is 3.17. The molecule has 2 unspecified atom stereocenters. The summed E-state index contributed by atoms with van der Waals surface area (Å²) in [6, 6.07) is 0.755. The molecule has 2 aliphatic rings. The topological polar surface area (TPSA) is 23.6 Å². The first-order valence-corrected chi connectivity index (χ1v) is 7.09. The molecule has 0 aromatic rings. The molecule has 0 saturated carbocycles. The first-order valence-electron chi connectivity index (χ1n) is 7.09. The molecule has 2 fully saturated rings. The predicted octanol–water partition coefficient (Wildman–Crippen LogP) is 1.77. The molecule has 0 aromatic carbocycles. The maximum Gasteiger partial charge on any atom is 0.127 e. The van der Waals surface area contributed by atoms with Crippen molar-refractivity contribution in [2.45, 2.75) is 45.6 Å². The van der Waals surface area contributed by atoms with Gasteiger partial charge in [0.05, 0.1) is 0 Å². The van der Waals surface area contributed by atoms with Crippen LogP contribution >= 0.6 is 0 Å². The summed E-state index contributed by atoms with van der Waals surface area (Å²) in [5.41, 5.74) is -0.145. The summed E-state index contributed by atoms with van der Waals surface area (Å²) in [5.74, 6) is 0. The van der Waals surface area contributed by atoms with Crippen LogP contribution in [-0.4, -0.2) is 54.9 Å². The summed E-state index contributed by atoms with van der Waals surface area (Å²) >= 11 is 0. The minimum absolute atomic E-state index is 0.145. The van der Waals surface area contributed by atoms with Crippen LogP contribution < -0.4 is 0 Å². The number of hydrogen-bond acceptors (Lipinski definition) is 3. The standard InChI is InChI=1S/C14H26N2O/c1-3-14(2,12-17)11-15-7-5-9-16-8-4-6-13(16)10-15/h12-13H,3-11H2,1-2H3. The van der Waals surface area contributed by atoms with Gasteiger partial charge in [-0.05, 0) is 45.3 Å². The average Bonchev–Trinajstić information content (AvgIpc) is 2.68. The molecule has 3 heteroatoms. The summed E-state index contributed by atoms with van der Waals surface area (Å²) in [6.07, 6.45) is 6.07. The Bertz CT molecular complexity index is 269. The lowest BCUT2D eigenvalue weighted by molar-refractivity contribution is -0.116. The van der Waals surface area contributed by atoms with E-state index >= 15 is 0 Å². The number of carbonyl (C=O) groups is 1. The third-order valence-corrected chi connectivity index (χ3v) is 4.56. The lowest BCUT2D eigenvalue weighted by atomic mass is 9.88. The summed E-state index contributed by atoms with van der Waals surface area (Å²) in [7, 11) is 0. The fourth-order valence-corrected chi connectivity index (χ4v) is 3.17. The van der Waals surface area contributed by atoms with Gasteiger partial charge in [0.25, 0.3) is 0 Å². The van der Waals surface area contributed by atoms with Gasteiger partial charge in [-0.3, -0.25) is 4.90 Å². The molecule has 2 aliphatic heterocycles. The number of rotatable bonds is 4. The van der Waals surface area contributed by atoms with Crippen molar-refractivity contribution in [2.75, 3.05) is 32.7 Å². The van der Waals surface area contributed by atoms with Crippen molar-refractivity contribution in [3.63, 3.8) is 0 Å². The minimum Gasteiger partial charge on any atom is -0.303 e. The highest BCUT2D eigenvalue weighted by Crippen LogP contribution is 2.25. The van der Waals surface area contributed by atoms with Crippen LogP contribution in [0.4, 0.5) is 0 Å². The van der Waals surface area contributed by atoms with Gasteiger partial charge in [-0.2, -0.15) is 0 Å². The summed E-state index contributed by atoms with van der Waals surface area (Å²) in [6.45, 7) is 10.0. The van der Waals surface area contributed by atoms with E-state index < -0.39 is 0 Å². The van der Waals surface area contributed by atoms with E-state index in [1.807, 2.05) is 0 Å². The van der Waals surface area contributed by atoms with Gasteiger partial charge in [0.1, 0.15) is 6.29 Å². The number of fused-ring (bicyclic) bond motifs is 1. The number of carbonyl (C=O) groups excluding carboxylic acids is 1. The van der Waals surface area contributed by atoms with Crippen molar-refractivity contribution in [3.8, 4) is 0 Å². The Hall–Kier alpha value is -0.410. The largest absolute Gasteiger partial charge is 0.303 e. The molecular formula is C14H26N2O. The van der Waals surface area contributed by atoms with Crippen LogP contribution in [0.1, 0.15) is 39.5 Å². The lowest BCUT2D eigenvalue weighted by Gasteiger charge is -2.31. The second-order valence-corrected chi connectivity index (χ2v) is 6.05. The van der Waals surface area contributed by atoms with Gasteiger partial charge in [-0.1, -0.05) is 13.8 Å². The maximum atomic E-state index is 11.2. The van der Waals surface area contributed by atoms with Gasteiger partial charge in [-0.25, -0.2) is 0 Å². The van der Waals surface area contributed by atoms with E-state index in [0.29, 0.717) is 0 Å². The Morgan fingerprint density at radius 2 is 2.06 bits per heavy atom. The van der Waals surface area contributed by atoms with E-state index in [1.165, 1.54) is 38.9 Å². The quantitative estimate of drug-likeness (QED) is 0.697. The minimum atomic E-state index is -0.145. The van der Waals surface area contributed by atoms with Crippen molar-refractivity contribution in [1.29, 1.82) is 0 Å². The Morgan fingerprint density at radius 1 is 1.29 bits per heavy atom. The van der Waals surface area contributed by atoms with E-state index in [1.54, 1.807) is 0 Å². The van der Waals surface area contributed by atoms with Crippen molar-refractivity contribution in [1.82, 2.24) is 9.80 Å². The molecule has 0 N–H and O–H groups in total. The van der Waals surface area contributed by atoms with Gasteiger partial charge in [0.2, 0.25) is 0 Å². The van der Waals surface area contributed by atoms with Crippen LogP contribution in [-0.2, 0) is 4.79 Å². The molecule has 2 rings (SSSR count). The van der Waals surface area contributed by atoms with Crippen LogP contribution in [0.15, 0.2) is 0 Å². The molecule has 98 valence electrons. The molecule has 0 amide bonds. The molecule has 0 radical (unpaired) electrons. The summed E-state index contributed by atoms with van der Waals surface area (Å²) in [4.78, 5) is 16.4. The van der Waals surface area contributed by atoms with Gasteiger partial charge < -0.3 is 9.69 Å². The Kier molecular flexibility index (Phi) is 4.21. The van der Waals surface area contributed by atoms with Crippen LogP contribution in [0.2, 0.25) is 0 Å². The molecule has 0 aromatic heterocycles. The van der Waals surface area contributed by atoms with Crippen molar-refractivity contribution in [2.24, 2.45) is 5.41 Å². The van der Waals surface area contributed by atoms with Crippen LogP contribution in [0.5, 0.6) is 0 Å². The second-order valence-electron chi connectivity index (χ2n) is 6.05. The maximum absolute atomic E-state index is 11.2. The zero-order valence-corrected chi connectivity index (χ0v) is 11.3. The Morgan fingerprint density at radius 3 is 2.76 bits per heavy atom. The summed E-state index contributed by atoms with van der Waals surface area (Å²) < 4.78 is 0. The molecule has 3 nitrogen and oxygen atoms in total. The molecule has 2 saturated heterocycles. The number of hydrogen-bond donors (Lipinski definition) is 0. The zero-order chi connectivity index (χ0) is 12.3. The molecule has 2 atom stereocenters. The van der Waals surface area contributed by atoms with Crippen LogP contribution in [0.3, 0.4) is 0 Å². The van der Waals surface area contributed by atoms with Gasteiger partial charge >= 0.3 is 0 Å². The zero-order valence-electron chi connectivity index (χ0n) is 11.3. The molecule has 0 aliphatic carbocycles. The SMILES string of the molecule is CCC(C)(C=O)CN1CCCN2CCCC2C1. The number of aldehydes is 1. The average molecular weight is 238 g/mol. The molecular weight excluding hydrogens is 212 g/mol. The molecule has 2 heterocycles. The monoisotopic (exact) mass is 238 g/mol. The van der Waals surface area contributed by atoms with Crippen LogP contribution in [0.25, 0.3) is 0 Å². The van der Waals surface area contributed by atoms with E-state index in [-0.39, 0.29) is 5.41 Å². The lowest BCUT2D eigenvalue weighted by Crippen LogP contribution is -2.42. The molecule has 0 spiro atoms. The normalized spacial score (nSPS) is 30.6. The highest BCUT2D eigenvalue weighted by Gasteiger charge is 2.31. The highest BCUT2D eigenvalue weighted by atomic mass is 16.1. The third-order valence-electron chi connectivity index (χ3n) is 4.56. The highest BCUT2D eigenvalue weighted by molar-refractivity contribution is 5.58. The van der Waals surface area contributed by atoms with Crippen molar-refractivity contribution in [3.05, 3.63) is 0 Å². The smallest absolute Gasteiger partial charge is 0.127 e. The first-order chi connectivity index (χ1) is 8.17.